The maximum Gasteiger partial charge on any atom is 0.458 e. The molecular formula is C14H12F5N3O2. The summed E-state index contributed by atoms with van der Waals surface area (Å²) < 4.78 is 67.9. The van der Waals surface area contributed by atoms with Gasteiger partial charge in [0.2, 0.25) is 0 Å². The number of carbonyl (C=O) groups is 1. The van der Waals surface area contributed by atoms with Crippen LogP contribution >= 0.6 is 0 Å². The van der Waals surface area contributed by atoms with Gasteiger partial charge in [-0.1, -0.05) is 24.3 Å². The zero-order valence-corrected chi connectivity index (χ0v) is 12.1. The van der Waals surface area contributed by atoms with Crippen molar-refractivity contribution >= 4 is 5.97 Å². The average molecular weight is 349 g/mol. The Kier molecular flexibility index (Phi) is 5.15. The number of nitrogens with zero attached hydrogens (tertiary/aromatic N) is 2. The van der Waals surface area contributed by atoms with Crippen LogP contribution in [-0.4, -0.2) is 27.3 Å². The maximum absolute atomic E-state index is 13.1. The molecule has 0 aliphatic heterocycles. The van der Waals surface area contributed by atoms with Crippen molar-refractivity contribution in [2.45, 2.75) is 31.5 Å². The van der Waals surface area contributed by atoms with Crippen molar-refractivity contribution in [2.75, 3.05) is 0 Å². The summed E-state index contributed by atoms with van der Waals surface area (Å²) in [6.07, 6.45) is -4.06. The highest BCUT2D eigenvalue weighted by Crippen LogP contribution is 2.43. The second kappa shape index (κ2) is 6.93. The Labute approximate surface area is 132 Å². The van der Waals surface area contributed by atoms with E-state index in [1.807, 2.05) is 0 Å². The highest BCUT2D eigenvalue weighted by molar-refractivity contribution is 5.69. The molecular weight excluding hydrogens is 337 g/mol. The quantitative estimate of drug-likeness (QED) is 0.643. The molecule has 0 amide bonds. The minimum atomic E-state index is -5.66. The van der Waals surface area contributed by atoms with Crippen LogP contribution in [-0.2, 0) is 28.5 Å². The van der Waals surface area contributed by atoms with Gasteiger partial charge in [0.15, 0.2) is 0 Å². The monoisotopic (exact) mass is 349 g/mol. The Morgan fingerprint density at radius 3 is 2.33 bits per heavy atom. The van der Waals surface area contributed by atoms with Gasteiger partial charge >= 0.3 is 18.1 Å². The van der Waals surface area contributed by atoms with Gasteiger partial charge in [0.25, 0.3) is 0 Å². The summed E-state index contributed by atoms with van der Waals surface area (Å²) in [6.45, 7) is -0.229. The highest BCUT2D eigenvalue weighted by Gasteiger charge is 2.58. The predicted molar refractivity (Wildman–Crippen MR) is 70.9 cm³/mol. The minimum Gasteiger partial charge on any atom is -0.461 e. The lowest BCUT2D eigenvalue weighted by atomic mass is 10.1. The number of esters is 1. The number of aromatic nitrogens is 3. The molecule has 0 bridgehead atoms. The summed E-state index contributed by atoms with van der Waals surface area (Å²) in [6, 6.07) is 3.42. The van der Waals surface area contributed by atoms with Gasteiger partial charge in [0, 0.05) is 12.0 Å². The highest BCUT2D eigenvalue weighted by atomic mass is 19.4. The van der Waals surface area contributed by atoms with Crippen molar-refractivity contribution in [1.82, 2.24) is 15.2 Å². The van der Waals surface area contributed by atoms with E-state index < -0.39 is 23.6 Å². The molecule has 0 atom stereocenters. The Hall–Kier alpha value is -2.52. The van der Waals surface area contributed by atoms with Crippen LogP contribution in [0.2, 0.25) is 0 Å². The average Bonchev–Trinajstić information content (AvgIpc) is 3.03. The molecule has 24 heavy (non-hydrogen) atoms. The van der Waals surface area contributed by atoms with Crippen molar-refractivity contribution in [1.29, 1.82) is 0 Å². The van der Waals surface area contributed by atoms with Gasteiger partial charge in [-0.2, -0.15) is 27.1 Å². The van der Waals surface area contributed by atoms with Crippen molar-refractivity contribution in [2.24, 2.45) is 0 Å². The molecule has 130 valence electrons. The van der Waals surface area contributed by atoms with Gasteiger partial charge in [-0.15, -0.1) is 0 Å². The molecule has 0 saturated heterocycles. The maximum atomic E-state index is 13.1. The van der Waals surface area contributed by atoms with Crippen molar-refractivity contribution in [3.8, 4) is 0 Å². The lowest BCUT2D eigenvalue weighted by Gasteiger charge is -2.19. The molecule has 0 aliphatic rings. The third kappa shape index (κ3) is 4.27. The number of ether oxygens (including phenoxy) is 1. The summed E-state index contributed by atoms with van der Waals surface area (Å²) >= 11 is 0. The Bertz CT molecular complexity index is 669. The largest absolute Gasteiger partial charge is 0.461 e. The first-order valence-electron chi connectivity index (χ1n) is 6.74. The summed E-state index contributed by atoms with van der Waals surface area (Å²) in [5, 5.41) is 6.18. The number of H-pyrrole nitrogens is 1. The minimum absolute atomic E-state index is 0.0272. The molecule has 0 spiro atoms. The van der Waals surface area contributed by atoms with Crippen molar-refractivity contribution in [3.05, 3.63) is 47.5 Å². The third-order valence-electron chi connectivity index (χ3n) is 3.10. The van der Waals surface area contributed by atoms with Crippen LogP contribution in [0, 0.1) is 0 Å². The van der Waals surface area contributed by atoms with E-state index in [1.54, 1.807) is 0 Å². The fraction of sp³-hybridized carbons (Fsp3) is 0.357. The molecule has 0 saturated carbocycles. The fourth-order valence-electron chi connectivity index (χ4n) is 1.78. The fourth-order valence-corrected chi connectivity index (χ4v) is 1.78. The molecule has 1 aromatic heterocycles. The second-order valence-electron chi connectivity index (χ2n) is 4.86. The van der Waals surface area contributed by atoms with Crippen molar-refractivity contribution < 1.29 is 31.5 Å². The number of alkyl halides is 5. The first-order valence-corrected chi connectivity index (χ1v) is 6.74. The molecule has 1 N–H and O–H groups in total. The number of nitrogens with one attached hydrogen (secondary N) is 1. The van der Waals surface area contributed by atoms with Gasteiger partial charge in [-0.05, 0) is 5.56 Å². The normalized spacial score (nSPS) is 12.2. The van der Waals surface area contributed by atoms with E-state index >= 15 is 0 Å². The molecule has 2 aromatic rings. The molecule has 0 unspecified atom stereocenters. The third-order valence-corrected chi connectivity index (χ3v) is 3.10. The molecule has 1 heterocycles. The van der Waals surface area contributed by atoms with E-state index in [9.17, 15) is 26.7 Å². The predicted octanol–water partition coefficient (Wildman–Crippen LogP) is 3.13. The van der Waals surface area contributed by atoms with Crippen LogP contribution in [0.4, 0.5) is 22.0 Å². The lowest BCUT2D eigenvalue weighted by molar-refractivity contribution is -0.289. The van der Waals surface area contributed by atoms with Crippen LogP contribution in [0.25, 0.3) is 0 Å². The Morgan fingerprint density at radius 1 is 1.12 bits per heavy atom. The second-order valence-corrected chi connectivity index (χ2v) is 4.86. The number of halogens is 5. The molecule has 1 aromatic carbocycles. The van der Waals surface area contributed by atoms with Crippen LogP contribution in [0.3, 0.4) is 0 Å². The van der Waals surface area contributed by atoms with E-state index in [4.69, 9.17) is 4.74 Å². The number of hydrogen-bond acceptors (Lipinski definition) is 4. The van der Waals surface area contributed by atoms with Gasteiger partial charge in [0.05, 0.1) is 6.42 Å². The van der Waals surface area contributed by atoms with E-state index in [2.05, 4.69) is 15.2 Å². The van der Waals surface area contributed by atoms with E-state index in [-0.39, 0.29) is 19.4 Å². The summed E-state index contributed by atoms with van der Waals surface area (Å²) in [5.41, 5.74) is -0.875. The zero-order chi connectivity index (χ0) is 17.8. The van der Waals surface area contributed by atoms with Crippen LogP contribution in [0.1, 0.15) is 23.4 Å². The smallest absolute Gasteiger partial charge is 0.458 e. The number of carbonyl (C=O) groups excluding carboxylic acids is 1. The van der Waals surface area contributed by atoms with Gasteiger partial charge in [-0.25, -0.2) is 4.98 Å². The summed E-state index contributed by atoms with van der Waals surface area (Å²) in [5.74, 6) is -4.99. The first-order chi connectivity index (χ1) is 11.2. The van der Waals surface area contributed by atoms with Crippen LogP contribution in [0.15, 0.2) is 30.6 Å². The number of benzene rings is 1. The SMILES string of the molecule is O=C(CCc1ncn[nH]1)OCc1ccc(C(F)(F)C(F)(F)F)cc1. The van der Waals surface area contributed by atoms with Gasteiger partial charge in [-0.3, -0.25) is 9.89 Å². The number of hydrogen-bond donors (Lipinski definition) is 1. The molecule has 0 fully saturated rings. The molecule has 10 heteroatoms. The number of rotatable bonds is 6. The number of aryl methyl sites for hydroxylation is 1. The summed E-state index contributed by atoms with van der Waals surface area (Å²) in [7, 11) is 0. The lowest BCUT2D eigenvalue weighted by Crippen LogP contribution is -2.33. The summed E-state index contributed by atoms with van der Waals surface area (Å²) in [4.78, 5) is 15.3. The van der Waals surface area contributed by atoms with Crippen LogP contribution in [0.5, 0.6) is 0 Å². The van der Waals surface area contributed by atoms with E-state index in [0.717, 1.165) is 12.1 Å². The molecule has 5 nitrogen and oxygen atoms in total. The molecule has 0 radical (unpaired) electrons. The molecule has 0 aliphatic carbocycles. The standard InChI is InChI=1S/C14H12F5N3O2/c15-13(16,14(17,18)19)10-3-1-9(2-4-10)7-24-12(23)6-5-11-20-8-21-22-11/h1-4,8H,5-7H2,(H,20,21,22). The van der Waals surface area contributed by atoms with Gasteiger partial charge < -0.3 is 4.74 Å². The van der Waals surface area contributed by atoms with Crippen molar-refractivity contribution in [3.63, 3.8) is 0 Å². The Balaban J connectivity index is 1.86. The van der Waals surface area contributed by atoms with Gasteiger partial charge in [0.1, 0.15) is 18.8 Å². The topological polar surface area (TPSA) is 67.9 Å². The Morgan fingerprint density at radius 2 is 1.79 bits per heavy atom. The van der Waals surface area contributed by atoms with E-state index in [1.165, 1.54) is 6.33 Å². The zero-order valence-electron chi connectivity index (χ0n) is 12.1. The molecule has 2 rings (SSSR count). The first kappa shape index (κ1) is 17.8. The van der Waals surface area contributed by atoms with E-state index in [0.29, 0.717) is 23.5 Å². The number of aromatic amines is 1. The van der Waals surface area contributed by atoms with Crippen LogP contribution < -0.4 is 0 Å².